The topological polar surface area (TPSA) is 75.8 Å². The standard InChI is InChI=1S/C31H43ClN2O3/c1-22-9-3-4-10-23(22)20-27-28(12-7-13-29(27)32)31(36,16-5-6-18-37-2)25-11-8-17-34(21-25)30(35)24-14-15-26(33)19-24/h3-4,7,9-10,12-13,24-26,36H,5-6,8,11,14-21,33H2,1-2H3/t24?,25-,26?,31+/m1/s1. The van der Waals surface area contributed by atoms with Crippen molar-refractivity contribution in [3.05, 3.63) is 69.7 Å². The molecule has 2 unspecified atom stereocenters. The van der Waals surface area contributed by atoms with Gasteiger partial charge in [-0.05, 0) is 93.0 Å². The zero-order valence-corrected chi connectivity index (χ0v) is 23.2. The van der Waals surface area contributed by atoms with Crippen LogP contribution in [0.15, 0.2) is 42.5 Å². The van der Waals surface area contributed by atoms with Crippen molar-refractivity contribution >= 4 is 17.5 Å². The normalized spacial score (nSPS) is 23.7. The predicted octanol–water partition coefficient (Wildman–Crippen LogP) is 5.61. The summed E-state index contributed by atoms with van der Waals surface area (Å²) in [5.41, 5.74) is 9.34. The quantitative estimate of drug-likeness (QED) is 0.394. The number of benzene rings is 2. The third kappa shape index (κ3) is 6.57. The molecule has 2 aromatic rings. The third-order valence-corrected chi connectivity index (χ3v) is 8.96. The van der Waals surface area contributed by atoms with Crippen LogP contribution in [0.3, 0.4) is 0 Å². The number of aliphatic hydroxyl groups is 1. The van der Waals surface area contributed by atoms with Gasteiger partial charge in [0.25, 0.3) is 0 Å². The number of rotatable bonds is 10. The average molecular weight is 527 g/mol. The van der Waals surface area contributed by atoms with E-state index in [-0.39, 0.29) is 23.8 Å². The lowest BCUT2D eigenvalue weighted by molar-refractivity contribution is -0.141. The third-order valence-electron chi connectivity index (χ3n) is 8.60. The van der Waals surface area contributed by atoms with Gasteiger partial charge < -0.3 is 20.5 Å². The number of methoxy groups -OCH3 is 1. The van der Waals surface area contributed by atoms with Crippen LogP contribution in [0, 0.1) is 18.8 Å². The van der Waals surface area contributed by atoms with Gasteiger partial charge in [-0.3, -0.25) is 4.79 Å². The Kier molecular flexibility index (Phi) is 9.68. The number of likely N-dealkylation sites (tertiary alicyclic amines) is 1. The van der Waals surface area contributed by atoms with Crippen LogP contribution in [0.1, 0.15) is 73.6 Å². The molecule has 1 saturated heterocycles. The van der Waals surface area contributed by atoms with E-state index in [1.165, 1.54) is 11.1 Å². The first kappa shape index (κ1) is 28.1. The van der Waals surface area contributed by atoms with Crippen molar-refractivity contribution in [1.82, 2.24) is 4.90 Å². The fourth-order valence-corrected chi connectivity index (χ4v) is 6.65. The van der Waals surface area contributed by atoms with Crippen LogP contribution in [-0.4, -0.2) is 48.8 Å². The van der Waals surface area contributed by atoms with Crippen LogP contribution >= 0.6 is 11.6 Å². The fraction of sp³-hybridized carbons (Fsp3) is 0.581. The van der Waals surface area contributed by atoms with Crippen molar-refractivity contribution in [3.8, 4) is 0 Å². The highest BCUT2D eigenvalue weighted by molar-refractivity contribution is 6.31. The summed E-state index contributed by atoms with van der Waals surface area (Å²) in [4.78, 5) is 15.4. The Balaban J connectivity index is 1.65. The number of nitrogens with two attached hydrogens (primary N) is 1. The Morgan fingerprint density at radius 2 is 1.97 bits per heavy atom. The number of piperidine rings is 1. The summed E-state index contributed by atoms with van der Waals surface area (Å²) in [6, 6.07) is 14.4. The van der Waals surface area contributed by atoms with Gasteiger partial charge in [-0.2, -0.15) is 0 Å². The van der Waals surface area contributed by atoms with Crippen LogP contribution in [-0.2, 0) is 21.6 Å². The van der Waals surface area contributed by atoms with Gasteiger partial charge in [-0.15, -0.1) is 0 Å². The lowest BCUT2D eigenvalue weighted by Crippen LogP contribution is -2.49. The Labute approximate surface area is 227 Å². The summed E-state index contributed by atoms with van der Waals surface area (Å²) in [6.45, 7) is 4.11. The zero-order chi connectivity index (χ0) is 26.4. The molecule has 1 heterocycles. The minimum atomic E-state index is -1.08. The first-order chi connectivity index (χ1) is 17.8. The van der Waals surface area contributed by atoms with Crippen molar-refractivity contribution < 1.29 is 14.6 Å². The molecule has 0 aromatic heterocycles. The molecule has 1 amide bonds. The number of halogens is 1. The number of aryl methyl sites for hydroxylation is 1. The van der Waals surface area contributed by atoms with E-state index >= 15 is 0 Å². The van der Waals surface area contributed by atoms with Gasteiger partial charge in [-0.25, -0.2) is 0 Å². The molecular weight excluding hydrogens is 484 g/mol. The minimum Gasteiger partial charge on any atom is -0.385 e. The van der Waals surface area contributed by atoms with E-state index in [4.69, 9.17) is 22.1 Å². The molecule has 4 atom stereocenters. The van der Waals surface area contributed by atoms with Crippen molar-refractivity contribution in [2.75, 3.05) is 26.8 Å². The molecule has 2 aromatic carbocycles. The van der Waals surface area contributed by atoms with Crippen LogP contribution in [0.25, 0.3) is 0 Å². The lowest BCUT2D eigenvalue weighted by Gasteiger charge is -2.44. The van der Waals surface area contributed by atoms with E-state index in [0.717, 1.165) is 62.6 Å². The molecule has 1 aliphatic heterocycles. The Morgan fingerprint density at radius 3 is 2.70 bits per heavy atom. The lowest BCUT2D eigenvalue weighted by atomic mass is 9.72. The number of hydrogen-bond donors (Lipinski definition) is 2. The molecule has 1 saturated carbocycles. The van der Waals surface area contributed by atoms with E-state index in [0.29, 0.717) is 31.0 Å². The summed E-state index contributed by atoms with van der Waals surface area (Å²) >= 11 is 6.83. The van der Waals surface area contributed by atoms with Crippen LogP contribution in [0.4, 0.5) is 0 Å². The number of unbranched alkanes of at least 4 members (excludes halogenated alkanes) is 1. The highest BCUT2D eigenvalue weighted by atomic mass is 35.5. The van der Waals surface area contributed by atoms with E-state index in [2.05, 4.69) is 25.1 Å². The second kappa shape index (κ2) is 12.8. The number of ether oxygens (including phenoxy) is 1. The smallest absolute Gasteiger partial charge is 0.225 e. The maximum Gasteiger partial charge on any atom is 0.225 e. The predicted molar refractivity (Wildman–Crippen MR) is 150 cm³/mol. The minimum absolute atomic E-state index is 0.0198. The molecule has 0 spiro atoms. The van der Waals surface area contributed by atoms with E-state index in [1.54, 1.807) is 7.11 Å². The molecule has 0 bridgehead atoms. The van der Waals surface area contributed by atoms with Crippen LogP contribution in [0.5, 0.6) is 0 Å². The van der Waals surface area contributed by atoms with Gasteiger partial charge in [0.15, 0.2) is 0 Å². The maximum absolute atomic E-state index is 13.4. The van der Waals surface area contributed by atoms with Crippen molar-refractivity contribution in [3.63, 3.8) is 0 Å². The molecule has 5 nitrogen and oxygen atoms in total. The zero-order valence-electron chi connectivity index (χ0n) is 22.4. The Morgan fingerprint density at radius 1 is 1.16 bits per heavy atom. The van der Waals surface area contributed by atoms with Gasteiger partial charge in [0, 0.05) is 49.7 Å². The van der Waals surface area contributed by atoms with Crippen LogP contribution in [0.2, 0.25) is 5.02 Å². The number of hydrogen-bond acceptors (Lipinski definition) is 4. The Hall–Kier alpha value is -1.92. The average Bonchev–Trinajstić information content (AvgIpc) is 3.34. The second-order valence-electron chi connectivity index (χ2n) is 11.1. The van der Waals surface area contributed by atoms with Crippen molar-refractivity contribution in [2.24, 2.45) is 17.6 Å². The first-order valence-electron chi connectivity index (χ1n) is 13.9. The molecule has 2 aliphatic rings. The summed E-state index contributed by atoms with van der Waals surface area (Å²) in [5, 5.41) is 13.3. The fourth-order valence-electron chi connectivity index (χ4n) is 6.41. The number of carbonyl (C=O) groups is 1. The Bertz CT molecular complexity index is 1060. The molecule has 202 valence electrons. The molecular formula is C31H43ClN2O3. The molecule has 3 N–H and O–H groups in total. The van der Waals surface area contributed by atoms with E-state index < -0.39 is 5.60 Å². The van der Waals surface area contributed by atoms with E-state index in [9.17, 15) is 9.90 Å². The highest BCUT2D eigenvalue weighted by Gasteiger charge is 2.43. The number of amides is 1. The van der Waals surface area contributed by atoms with Crippen LogP contribution < -0.4 is 5.73 Å². The van der Waals surface area contributed by atoms with Gasteiger partial charge in [0.05, 0.1) is 5.60 Å². The molecule has 37 heavy (non-hydrogen) atoms. The molecule has 4 rings (SSSR count). The number of carbonyl (C=O) groups excluding carboxylic acids is 1. The second-order valence-corrected chi connectivity index (χ2v) is 11.5. The van der Waals surface area contributed by atoms with Gasteiger partial charge >= 0.3 is 0 Å². The monoisotopic (exact) mass is 526 g/mol. The molecule has 6 heteroatoms. The maximum atomic E-state index is 13.4. The van der Waals surface area contributed by atoms with Crippen molar-refractivity contribution in [2.45, 2.75) is 76.4 Å². The summed E-state index contributed by atoms with van der Waals surface area (Å²) in [6.07, 6.45) is 7.32. The van der Waals surface area contributed by atoms with Gasteiger partial charge in [0.2, 0.25) is 5.91 Å². The summed E-state index contributed by atoms with van der Waals surface area (Å²) < 4.78 is 5.29. The summed E-state index contributed by atoms with van der Waals surface area (Å²) in [5.74, 6) is 0.175. The highest BCUT2D eigenvalue weighted by Crippen LogP contribution is 2.43. The molecule has 2 fully saturated rings. The number of nitrogens with zero attached hydrogens (tertiary/aromatic N) is 1. The van der Waals surface area contributed by atoms with Gasteiger partial charge in [-0.1, -0.05) is 48.0 Å². The largest absolute Gasteiger partial charge is 0.385 e. The summed E-state index contributed by atoms with van der Waals surface area (Å²) in [7, 11) is 1.71. The van der Waals surface area contributed by atoms with Crippen molar-refractivity contribution in [1.29, 1.82) is 0 Å². The SMILES string of the molecule is COCCCC[C@@](O)(c1cccc(Cl)c1Cc1ccccc1C)[C@@H]1CCCN(C(=O)C2CCC(N)C2)C1. The van der Waals surface area contributed by atoms with E-state index in [1.807, 2.05) is 29.2 Å². The van der Waals surface area contributed by atoms with Gasteiger partial charge in [0.1, 0.15) is 0 Å². The molecule has 1 aliphatic carbocycles. The first-order valence-corrected chi connectivity index (χ1v) is 14.3. The molecule has 0 radical (unpaired) electrons.